The molecule has 0 aliphatic carbocycles. The summed E-state index contributed by atoms with van der Waals surface area (Å²) >= 11 is 12.3. The summed E-state index contributed by atoms with van der Waals surface area (Å²) < 4.78 is 0. The third kappa shape index (κ3) is 5.47. The van der Waals surface area contributed by atoms with Gasteiger partial charge in [0, 0.05) is 36.8 Å². The molecule has 1 aromatic heterocycles. The molecular weight excluding hydrogens is 479 g/mol. The summed E-state index contributed by atoms with van der Waals surface area (Å²) in [5.41, 5.74) is 4.85. The van der Waals surface area contributed by atoms with Crippen LogP contribution in [0.4, 0.5) is 5.82 Å². The van der Waals surface area contributed by atoms with Gasteiger partial charge >= 0.3 is 0 Å². The van der Waals surface area contributed by atoms with E-state index in [1.807, 2.05) is 53.4 Å². The van der Waals surface area contributed by atoms with Crippen LogP contribution in [0.15, 0.2) is 84.9 Å². The summed E-state index contributed by atoms with van der Waals surface area (Å²) in [6, 6.07) is 27.7. The van der Waals surface area contributed by atoms with Crippen molar-refractivity contribution in [1.29, 1.82) is 0 Å². The molecule has 0 spiro atoms. The lowest BCUT2D eigenvalue weighted by molar-refractivity contribution is -0.130. The van der Waals surface area contributed by atoms with Crippen LogP contribution in [0.5, 0.6) is 0 Å². The first-order valence-electron chi connectivity index (χ1n) is 11.5. The average Bonchev–Trinajstić information content (AvgIpc) is 2.90. The van der Waals surface area contributed by atoms with E-state index in [0.717, 1.165) is 22.5 Å². The third-order valence-electron chi connectivity index (χ3n) is 6.23. The van der Waals surface area contributed by atoms with Crippen LogP contribution in [0, 0.1) is 0 Å². The fourth-order valence-corrected chi connectivity index (χ4v) is 4.76. The highest BCUT2D eigenvalue weighted by atomic mass is 35.5. The summed E-state index contributed by atoms with van der Waals surface area (Å²) in [5, 5.41) is 9.87. The van der Waals surface area contributed by atoms with Crippen molar-refractivity contribution < 1.29 is 4.79 Å². The average molecular weight is 503 g/mol. The third-order valence-corrected chi connectivity index (χ3v) is 6.78. The molecule has 0 bridgehead atoms. The van der Waals surface area contributed by atoms with Crippen molar-refractivity contribution in [1.82, 2.24) is 15.1 Å². The predicted molar refractivity (Wildman–Crippen MR) is 142 cm³/mol. The molecule has 1 amide bonds. The Morgan fingerprint density at radius 2 is 1.49 bits per heavy atom. The minimum absolute atomic E-state index is 0.149. The first-order chi connectivity index (χ1) is 17.1. The Balaban J connectivity index is 1.16. The van der Waals surface area contributed by atoms with E-state index < -0.39 is 0 Å². The van der Waals surface area contributed by atoms with Crippen LogP contribution in [-0.2, 0) is 11.2 Å². The van der Waals surface area contributed by atoms with Crippen molar-refractivity contribution in [3.63, 3.8) is 0 Å². The molecule has 5 rings (SSSR count). The number of piperazine rings is 1. The molecule has 4 aromatic rings. The zero-order chi connectivity index (χ0) is 24.2. The zero-order valence-corrected chi connectivity index (χ0v) is 20.6. The molecule has 0 unspecified atom stereocenters. The van der Waals surface area contributed by atoms with Gasteiger partial charge in [0.25, 0.3) is 0 Å². The molecule has 1 aliphatic heterocycles. The highest BCUT2D eigenvalue weighted by Gasteiger charge is 2.22. The number of benzene rings is 3. The van der Waals surface area contributed by atoms with Gasteiger partial charge in [-0.3, -0.25) is 4.79 Å². The quantitative estimate of drug-likeness (QED) is 0.335. The Kier molecular flexibility index (Phi) is 6.98. The Morgan fingerprint density at radius 1 is 0.771 bits per heavy atom. The molecule has 5 nitrogen and oxygen atoms in total. The topological polar surface area (TPSA) is 49.3 Å². The molecule has 0 atom stereocenters. The number of halogens is 2. The normalized spacial score (nSPS) is 13.7. The van der Waals surface area contributed by atoms with Crippen LogP contribution in [0.2, 0.25) is 10.0 Å². The fraction of sp³-hybridized carbons (Fsp3) is 0.179. The number of aromatic nitrogens is 2. The smallest absolute Gasteiger partial charge is 0.227 e. The van der Waals surface area contributed by atoms with Crippen molar-refractivity contribution in [2.24, 2.45) is 0 Å². The van der Waals surface area contributed by atoms with Crippen molar-refractivity contribution in [2.75, 3.05) is 31.1 Å². The van der Waals surface area contributed by atoms with Crippen molar-refractivity contribution in [3.8, 4) is 22.4 Å². The van der Waals surface area contributed by atoms with Gasteiger partial charge in [0.1, 0.15) is 0 Å². The van der Waals surface area contributed by atoms with Crippen molar-refractivity contribution in [3.05, 3.63) is 101 Å². The number of amides is 1. The summed E-state index contributed by atoms with van der Waals surface area (Å²) in [4.78, 5) is 17.0. The highest BCUT2D eigenvalue weighted by molar-refractivity contribution is 6.36. The first-order valence-corrected chi connectivity index (χ1v) is 12.3. The van der Waals surface area contributed by atoms with Gasteiger partial charge < -0.3 is 9.80 Å². The van der Waals surface area contributed by atoms with Crippen LogP contribution >= 0.6 is 23.2 Å². The largest absolute Gasteiger partial charge is 0.352 e. The number of anilines is 1. The second-order valence-electron chi connectivity index (χ2n) is 8.51. The highest BCUT2D eigenvalue weighted by Crippen LogP contribution is 2.29. The maximum absolute atomic E-state index is 12.9. The molecule has 7 heteroatoms. The lowest BCUT2D eigenvalue weighted by atomic mass is 10.0. The molecule has 0 radical (unpaired) electrons. The minimum Gasteiger partial charge on any atom is -0.352 e. The number of hydrogen-bond donors (Lipinski definition) is 0. The van der Waals surface area contributed by atoms with Crippen LogP contribution in [-0.4, -0.2) is 47.2 Å². The Bertz CT molecular complexity index is 1300. The Hall–Kier alpha value is -3.41. The first kappa shape index (κ1) is 23.3. The van der Waals surface area contributed by atoms with E-state index in [1.165, 1.54) is 5.56 Å². The number of hydrogen-bond acceptors (Lipinski definition) is 4. The van der Waals surface area contributed by atoms with Gasteiger partial charge in [0.15, 0.2) is 5.82 Å². The molecule has 3 aromatic carbocycles. The lowest BCUT2D eigenvalue weighted by Gasteiger charge is -2.35. The van der Waals surface area contributed by atoms with Crippen LogP contribution in [0.25, 0.3) is 22.4 Å². The van der Waals surface area contributed by atoms with Gasteiger partial charge in [-0.2, -0.15) is 0 Å². The summed E-state index contributed by atoms with van der Waals surface area (Å²) in [7, 11) is 0. The van der Waals surface area contributed by atoms with Gasteiger partial charge in [-0.05, 0) is 47.0 Å². The number of nitrogens with zero attached hydrogens (tertiary/aromatic N) is 4. The molecule has 0 N–H and O–H groups in total. The summed E-state index contributed by atoms with van der Waals surface area (Å²) in [6.45, 7) is 2.75. The van der Waals surface area contributed by atoms with Crippen LogP contribution < -0.4 is 4.90 Å². The molecule has 2 heterocycles. The Morgan fingerprint density at radius 3 is 2.14 bits per heavy atom. The van der Waals surface area contributed by atoms with E-state index in [4.69, 9.17) is 23.2 Å². The fourth-order valence-electron chi connectivity index (χ4n) is 4.25. The molecule has 0 saturated carbocycles. The van der Waals surface area contributed by atoms with E-state index in [0.29, 0.717) is 48.3 Å². The van der Waals surface area contributed by atoms with Crippen molar-refractivity contribution in [2.45, 2.75) is 6.42 Å². The zero-order valence-electron chi connectivity index (χ0n) is 19.1. The standard InChI is InChI=1S/C28H24Cl2N4O/c29-23-10-11-24(25(30)19-23)26-12-13-27(32-31-26)33-14-16-34(17-15-33)28(35)18-20-6-8-22(9-7-20)21-4-2-1-3-5-21/h1-13,19H,14-18H2. The predicted octanol–water partition coefficient (Wildman–Crippen LogP) is 6.01. The van der Waals surface area contributed by atoms with E-state index in [2.05, 4.69) is 39.4 Å². The number of rotatable bonds is 5. The van der Waals surface area contributed by atoms with Gasteiger partial charge in [-0.15, -0.1) is 10.2 Å². The monoisotopic (exact) mass is 502 g/mol. The maximum Gasteiger partial charge on any atom is 0.227 e. The molecule has 1 fully saturated rings. The molecule has 35 heavy (non-hydrogen) atoms. The van der Waals surface area contributed by atoms with E-state index in [1.54, 1.807) is 12.1 Å². The second-order valence-corrected chi connectivity index (χ2v) is 9.35. The van der Waals surface area contributed by atoms with E-state index >= 15 is 0 Å². The lowest BCUT2D eigenvalue weighted by Crippen LogP contribution is -2.49. The maximum atomic E-state index is 12.9. The van der Waals surface area contributed by atoms with E-state index in [-0.39, 0.29) is 5.91 Å². The van der Waals surface area contributed by atoms with Gasteiger partial charge in [-0.1, -0.05) is 77.8 Å². The molecule has 1 saturated heterocycles. The summed E-state index contributed by atoms with van der Waals surface area (Å²) in [5.74, 6) is 0.943. The van der Waals surface area contributed by atoms with Gasteiger partial charge in [-0.25, -0.2) is 0 Å². The number of carbonyl (C=O) groups is 1. The molecule has 1 aliphatic rings. The van der Waals surface area contributed by atoms with Crippen LogP contribution in [0.1, 0.15) is 5.56 Å². The molecular formula is C28H24Cl2N4O. The second kappa shape index (κ2) is 10.5. The van der Waals surface area contributed by atoms with Gasteiger partial charge in [0.05, 0.1) is 17.1 Å². The van der Waals surface area contributed by atoms with Gasteiger partial charge in [0.2, 0.25) is 5.91 Å². The Labute approximate surface area is 214 Å². The summed E-state index contributed by atoms with van der Waals surface area (Å²) in [6.07, 6.45) is 0.408. The molecule has 176 valence electrons. The minimum atomic E-state index is 0.149. The van der Waals surface area contributed by atoms with E-state index in [9.17, 15) is 4.79 Å². The van der Waals surface area contributed by atoms with Crippen LogP contribution in [0.3, 0.4) is 0 Å². The number of carbonyl (C=O) groups excluding carboxylic acids is 1. The van der Waals surface area contributed by atoms with Crippen molar-refractivity contribution >= 4 is 34.9 Å². The SMILES string of the molecule is O=C(Cc1ccc(-c2ccccc2)cc1)N1CCN(c2ccc(-c3ccc(Cl)cc3Cl)nn2)CC1.